The highest BCUT2D eigenvalue weighted by Gasteiger charge is 2.14. The first-order valence-corrected chi connectivity index (χ1v) is 4.78. The van der Waals surface area contributed by atoms with E-state index in [0.29, 0.717) is 6.61 Å². The van der Waals surface area contributed by atoms with Crippen molar-refractivity contribution in [2.75, 3.05) is 20.7 Å². The first-order chi connectivity index (χ1) is 6.99. The second-order valence-electron chi connectivity index (χ2n) is 3.25. The second-order valence-corrected chi connectivity index (χ2v) is 3.25. The first kappa shape index (κ1) is 13.5. The van der Waals surface area contributed by atoms with Crippen molar-refractivity contribution in [3.05, 3.63) is 11.8 Å². The number of carboxylic acids is 1. The average molecular weight is 215 g/mol. The van der Waals surface area contributed by atoms with E-state index in [1.165, 1.54) is 4.90 Å². The van der Waals surface area contributed by atoms with Gasteiger partial charge in [0.25, 0.3) is 0 Å². The quantitative estimate of drug-likeness (QED) is 0.404. The van der Waals surface area contributed by atoms with Crippen LogP contribution >= 0.6 is 0 Å². The Hall–Kier alpha value is -1.52. The number of aliphatic carboxylic acids is 1. The molecule has 0 saturated carbocycles. The van der Waals surface area contributed by atoms with Crippen LogP contribution < -0.4 is 0 Å². The number of carbonyl (C=O) groups is 2. The third-order valence-corrected chi connectivity index (χ3v) is 1.68. The summed E-state index contributed by atoms with van der Waals surface area (Å²) in [4.78, 5) is 23.3. The van der Waals surface area contributed by atoms with Gasteiger partial charge in [0.05, 0.1) is 12.7 Å². The molecule has 86 valence electrons. The molecule has 0 aromatic heterocycles. The topological polar surface area (TPSA) is 66.8 Å². The van der Waals surface area contributed by atoms with Crippen LogP contribution in [0.15, 0.2) is 11.8 Å². The summed E-state index contributed by atoms with van der Waals surface area (Å²) in [7, 11) is 3.19. The van der Waals surface area contributed by atoms with Crippen molar-refractivity contribution in [3.8, 4) is 0 Å². The maximum Gasteiger partial charge on any atom is 0.354 e. The standard InChI is InChI=1S/C10H17NO4/c1-4-5-6-15-10(14)8(11(2)3)7-9(12)13/h7H,4-6H2,1-3H3,(H,12,13)/b8-7-. The number of nitrogens with zero attached hydrogens (tertiary/aromatic N) is 1. The normalized spacial score (nSPS) is 11.0. The highest BCUT2D eigenvalue weighted by molar-refractivity contribution is 5.95. The van der Waals surface area contributed by atoms with Gasteiger partial charge in [0.15, 0.2) is 0 Å². The maximum absolute atomic E-state index is 11.4. The summed E-state index contributed by atoms with van der Waals surface area (Å²) >= 11 is 0. The van der Waals surface area contributed by atoms with Crippen molar-refractivity contribution in [3.63, 3.8) is 0 Å². The molecule has 1 N–H and O–H groups in total. The number of carboxylic acid groups (broad SMARTS) is 1. The van der Waals surface area contributed by atoms with Crippen LogP contribution in [0.1, 0.15) is 19.8 Å². The Morgan fingerprint density at radius 1 is 1.40 bits per heavy atom. The molecule has 0 radical (unpaired) electrons. The second kappa shape index (κ2) is 6.86. The number of hydrogen-bond acceptors (Lipinski definition) is 4. The summed E-state index contributed by atoms with van der Waals surface area (Å²) in [5, 5.41) is 8.54. The number of carbonyl (C=O) groups excluding carboxylic acids is 1. The van der Waals surface area contributed by atoms with Crippen molar-refractivity contribution in [1.82, 2.24) is 4.90 Å². The maximum atomic E-state index is 11.4. The lowest BCUT2D eigenvalue weighted by Gasteiger charge is -2.15. The van der Waals surface area contributed by atoms with Crippen LogP contribution in [0.5, 0.6) is 0 Å². The highest BCUT2D eigenvalue weighted by atomic mass is 16.5. The fourth-order valence-corrected chi connectivity index (χ4v) is 0.871. The minimum absolute atomic E-state index is 0.0404. The Balaban J connectivity index is 4.38. The van der Waals surface area contributed by atoms with Crippen LogP contribution in [0.25, 0.3) is 0 Å². The molecular formula is C10H17NO4. The molecule has 5 nitrogen and oxygen atoms in total. The molecule has 0 aliphatic heterocycles. The van der Waals surface area contributed by atoms with Crippen molar-refractivity contribution >= 4 is 11.9 Å². The Morgan fingerprint density at radius 2 is 2.00 bits per heavy atom. The van der Waals surface area contributed by atoms with Gasteiger partial charge >= 0.3 is 11.9 Å². The van der Waals surface area contributed by atoms with Gasteiger partial charge in [-0.1, -0.05) is 13.3 Å². The lowest BCUT2D eigenvalue weighted by atomic mass is 10.3. The molecule has 0 aliphatic carbocycles. The molecule has 0 aromatic rings. The van der Waals surface area contributed by atoms with Crippen LogP contribution in [-0.2, 0) is 14.3 Å². The predicted molar refractivity (Wildman–Crippen MR) is 55.3 cm³/mol. The molecular weight excluding hydrogens is 198 g/mol. The van der Waals surface area contributed by atoms with Gasteiger partial charge in [-0.05, 0) is 6.42 Å². The van der Waals surface area contributed by atoms with E-state index in [-0.39, 0.29) is 5.70 Å². The van der Waals surface area contributed by atoms with Gasteiger partial charge in [-0.25, -0.2) is 9.59 Å². The van der Waals surface area contributed by atoms with Crippen LogP contribution in [0, 0.1) is 0 Å². The van der Waals surface area contributed by atoms with Crippen LogP contribution in [0.2, 0.25) is 0 Å². The number of ether oxygens (including phenoxy) is 1. The molecule has 0 aromatic carbocycles. The van der Waals surface area contributed by atoms with E-state index in [4.69, 9.17) is 9.84 Å². The molecule has 0 unspecified atom stereocenters. The van der Waals surface area contributed by atoms with E-state index >= 15 is 0 Å². The number of esters is 1. The van der Waals surface area contributed by atoms with E-state index in [9.17, 15) is 9.59 Å². The van der Waals surface area contributed by atoms with E-state index in [1.54, 1.807) is 14.1 Å². The van der Waals surface area contributed by atoms with Gasteiger partial charge in [0.2, 0.25) is 0 Å². The lowest BCUT2D eigenvalue weighted by Crippen LogP contribution is -2.22. The SMILES string of the molecule is CCCCOC(=O)/C(=C/C(=O)O)N(C)C. The number of likely N-dealkylation sites (N-methyl/N-ethyl adjacent to an activating group) is 1. The summed E-state index contributed by atoms with van der Waals surface area (Å²) in [6.07, 6.45) is 2.54. The minimum atomic E-state index is -1.16. The minimum Gasteiger partial charge on any atom is -0.478 e. The van der Waals surface area contributed by atoms with Crippen LogP contribution in [0.4, 0.5) is 0 Å². The number of hydrogen-bond donors (Lipinski definition) is 1. The Labute approximate surface area is 89.3 Å². The van der Waals surface area contributed by atoms with E-state index < -0.39 is 11.9 Å². The van der Waals surface area contributed by atoms with Crippen molar-refractivity contribution < 1.29 is 19.4 Å². The molecule has 0 heterocycles. The molecule has 0 saturated heterocycles. The summed E-state index contributed by atoms with van der Waals surface area (Å²) < 4.78 is 4.89. The monoisotopic (exact) mass is 215 g/mol. The van der Waals surface area contributed by atoms with Gasteiger partial charge in [-0.3, -0.25) is 0 Å². The lowest BCUT2D eigenvalue weighted by molar-refractivity contribution is -0.141. The molecule has 15 heavy (non-hydrogen) atoms. The van der Waals surface area contributed by atoms with Crippen LogP contribution in [0.3, 0.4) is 0 Å². The zero-order chi connectivity index (χ0) is 11.8. The zero-order valence-electron chi connectivity index (χ0n) is 9.32. The van der Waals surface area contributed by atoms with Gasteiger partial charge in [-0.2, -0.15) is 0 Å². The van der Waals surface area contributed by atoms with Crippen molar-refractivity contribution in [1.29, 1.82) is 0 Å². The zero-order valence-corrected chi connectivity index (χ0v) is 9.32. The summed E-state index contributed by atoms with van der Waals surface area (Å²) in [6.45, 7) is 2.30. The summed E-state index contributed by atoms with van der Waals surface area (Å²) in [5.74, 6) is -1.76. The Bertz CT molecular complexity index is 258. The van der Waals surface area contributed by atoms with Gasteiger partial charge in [-0.15, -0.1) is 0 Å². The third kappa shape index (κ3) is 5.72. The van der Waals surface area contributed by atoms with Crippen molar-refractivity contribution in [2.45, 2.75) is 19.8 Å². The van der Waals surface area contributed by atoms with E-state index in [2.05, 4.69) is 0 Å². The summed E-state index contributed by atoms with van der Waals surface area (Å²) in [6, 6.07) is 0. The Morgan fingerprint density at radius 3 is 2.40 bits per heavy atom. The molecule has 0 bridgehead atoms. The van der Waals surface area contributed by atoms with Gasteiger partial charge < -0.3 is 14.7 Å². The number of rotatable bonds is 6. The van der Waals surface area contributed by atoms with Gasteiger partial charge in [0.1, 0.15) is 5.70 Å². The van der Waals surface area contributed by atoms with E-state index in [0.717, 1.165) is 18.9 Å². The number of unbranched alkanes of at least 4 members (excludes halogenated alkanes) is 1. The molecule has 0 amide bonds. The van der Waals surface area contributed by atoms with Crippen molar-refractivity contribution in [2.24, 2.45) is 0 Å². The largest absolute Gasteiger partial charge is 0.478 e. The first-order valence-electron chi connectivity index (χ1n) is 4.78. The smallest absolute Gasteiger partial charge is 0.354 e. The summed E-state index contributed by atoms with van der Waals surface area (Å²) in [5.41, 5.74) is 0.0404. The van der Waals surface area contributed by atoms with Gasteiger partial charge in [0, 0.05) is 14.1 Å². The molecule has 0 rings (SSSR count). The molecule has 0 spiro atoms. The molecule has 0 atom stereocenters. The predicted octanol–water partition coefficient (Wildman–Crippen LogP) is 0.860. The van der Waals surface area contributed by atoms with Crippen LogP contribution in [-0.4, -0.2) is 42.6 Å². The molecule has 5 heteroatoms. The highest BCUT2D eigenvalue weighted by Crippen LogP contribution is 2.02. The Kier molecular flexibility index (Phi) is 6.17. The average Bonchev–Trinajstić information content (AvgIpc) is 2.13. The molecule has 0 aliphatic rings. The fraction of sp³-hybridized carbons (Fsp3) is 0.600. The van der Waals surface area contributed by atoms with E-state index in [1.807, 2.05) is 6.92 Å². The fourth-order valence-electron chi connectivity index (χ4n) is 0.871. The third-order valence-electron chi connectivity index (χ3n) is 1.68. The molecule has 0 fully saturated rings.